The third-order valence-corrected chi connectivity index (χ3v) is 5.49. The number of sulfonamides is 1. The van der Waals surface area contributed by atoms with Crippen LogP contribution in [0.25, 0.3) is 0 Å². The number of halogens is 1. The fourth-order valence-electron chi connectivity index (χ4n) is 2.45. The van der Waals surface area contributed by atoms with E-state index in [0.29, 0.717) is 10.6 Å². The summed E-state index contributed by atoms with van der Waals surface area (Å²) in [6, 6.07) is 19.5. The third kappa shape index (κ3) is 3.95. The Kier molecular flexibility index (Phi) is 5.11. The first-order chi connectivity index (χ1) is 12.4. The van der Waals surface area contributed by atoms with Crippen LogP contribution in [-0.4, -0.2) is 14.2 Å². The van der Waals surface area contributed by atoms with Gasteiger partial charge in [0.2, 0.25) is 0 Å². The molecule has 0 aliphatic rings. The van der Waals surface area contributed by atoms with Crippen molar-refractivity contribution < 1.29 is 13.2 Å². The average molecular weight is 386 g/mol. The molecule has 0 aromatic heterocycles. The minimum Gasteiger partial charge on any atom is -0.289 e. The molecule has 0 amide bonds. The van der Waals surface area contributed by atoms with Crippen LogP contribution in [0.1, 0.15) is 21.5 Å². The lowest BCUT2D eigenvalue weighted by Gasteiger charge is -2.12. The molecule has 0 heterocycles. The molecule has 3 aromatic rings. The molecule has 0 fully saturated rings. The Labute approximate surface area is 157 Å². The maximum atomic E-state index is 12.8. The Balaban J connectivity index is 1.95. The van der Waals surface area contributed by atoms with Crippen LogP contribution in [0.5, 0.6) is 0 Å². The van der Waals surface area contributed by atoms with E-state index in [1.807, 2.05) is 6.92 Å². The van der Waals surface area contributed by atoms with Crippen LogP contribution in [-0.2, 0) is 10.0 Å². The number of anilines is 1. The summed E-state index contributed by atoms with van der Waals surface area (Å²) in [6.07, 6.45) is 0. The molecule has 0 saturated carbocycles. The number of nitrogens with one attached hydrogen (secondary N) is 1. The summed E-state index contributed by atoms with van der Waals surface area (Å²) < 4.78 is 27.8. The predicted octanol–water partition coefficient (Wildman–Crippen LogP) is 4.68. The van der Waals surface area contributed by atoms with Gasteiger partial charge in [0.05, 0.1) is 10.6 Å². The minimum atomic E-state index is -3.80. The Morgan fingerprint density at radius 3 is 2.15 bits per heavy atom. The summed E-state index contributed by atoms with van der Waals surface area (Å²) in [4.78, 5) is 12.9. The first-order valence-corrected chi connectivity index (χ1v) is 9.72. The van der Waals surface area contributed by atoms with Crippen molar-refractivity contribution in [3.63, 3.8) is 0 Å². The van der Waals surface area contributed by atoms with E-state index in [1.54, 1.807) is 60.7 Å². The van der Waals surface area contributed by atoms with Gasteiger partial charge < -0.3 is 0 Å². The molecule has 0 aliphatic carbocycles. The van der Waals surface area contributed by atoms with Crippen molar-refractivity contribution in [2.75, 3.05) is 4.72 Å². The van der Waals surface area contributed by atoms with Crippen LogP contribution >= 0.6 is 11.6 Å². The first kappa shape index (κ1) is 18.2. The van der Waals surface area contributed by atoms with E-state index in [9.17, 15) is 13.2 Å². The number of carbonyl (C=O) groups is 1. The summed E-state index contributed by atoms with van der Waals surface area (Å²) in [6.45, 7) is 1.88. The highest BCUT2D eigenvalue weighted by Crippen LogP contribution is 2.23. The monoisotopic (exact) mass is 385 g/mol. The lowest BCUT2D eigenvalue weighted by atomic mass is 10.0. The Morgan fingerprint density at radius 2 is 1.50 bits per heavy atom. The Bertz CT molecular complexity index is 1040. The molecule has 26 heavy (non-hydrogen) atoms. The number of para-hydroxylation sites is 1. The second-order valence-electron chi connectivity index (χ2n) is 5.80. The lowest BCUT2D eigenvalue weighted by Crippen LogP contribution is -2.16. The van der Waals surface area contributed by atoms with Gasteiger partial charge in [0.25, 0.3) is 10.0 Å². The second-order valence-corrected chi connectivity index (χ2v) is 7.92. The fourth-order valence-corrected chi connectivity index (χ4v) is 3.65. The number of carbonyl (C=O) groups excluding carboxylic acids is 1. The summed E-state index contributed by atoms with van der Waals surface area (Å²) in [5, 5.41) is 0.523. The number of hydrogen-bond donors (Lipinski definition) is 1. The molecule has 0 atom stereocenters. The lowest BCUT2D eigenvalue weighted by molar-refractivity contribution is 0.103. The SMILES string of the molecule is Cc1ccc(S(=O)(=O)Nc2ccccc2C(=O)c2ccc(Cl)cc2)cc1. The Hall–Kier alpha value is -2.63. The highest BCUT2D eigenvalue weighted by Gasteiger charge is 2.19. The molecular formula is C20H16ClNO3S. The van der Waals surface area contributed by atoms with E-state index in [0.717, 1.165) is 5.56 Å². The molecule has 0 radical (unpaired) electrons. The van der Waals surface area contributed by atoms with Crippen molar-refractivity contribution >= 4 is 33.1 Å². The zero-order valence-corrected chi connectivity index (χ0v) is 15.5. The van der Waals surface area contributed by atoms with Crippen molar-refractivity contribution in [1.29, 1.82) is 0 Å². The van der Waals surface area contributed by atoms with Gasteiger partial charge in [-0.1, -0.05) is 41.4 Å². The van der Waals surface area contributed by atoms with Crippen LogP contribution in [0, 0.1) is 6.92 Å². The normalized spacial score (nSPS) is 11.2. The maximum absolute atomic E-state index is 12.8. The van der Waals surface area contributed by atoms with Crippen LogP contribution in [0.3, 0.4) is 0 Å². The van der Waals surface area contributed by atoms with E-state index in [1.165, 1.54) is 12.1 Å². The first-order valence-electron chi connectivity index (χ1n) is 7.85. The highest BCUT2D eigenvalue weighted by atomic mass is 35.5. The molecule has 1 N–H and O–H groups in total. The van der Waals surface area contributed by atoms with Crippen molar-refractivity contribution in [2.45, 2.75) is 11.8 Å². The van der Waals surface area contributed by atoms with Crippen LogP contribution in [0.2, 0.25) is 5.02 Å². The van der Waals surface area contributed by atoms with E-state index in [2.05, 4.69) is 4.72 Å². The molecule has 3 aromatic carbocycles. The van der Waals surface area contributed by atoms with E-state index >= 15 is 0 Å². The molecule has 0 aliphatic heterocycles. The summed E-state index contributed by atoms with van der Waals surface area (Å²) in [5.41, 5.74) is 1.89. The number of benzene rings is 3. The molecule has 4 nitrogen and oxygen atoms in total. The van der Waals surface area contributed by atoms with Crippen LogP contribution < -0.4 is 4.72 Å². The van der Waals surface area contributed by atoms with Crippen molar-refractivity contribution in [1.82, 2.24) is 0 Å². The molecule has 0 spiro atoms. The molecule has 0 unspecified atom stereocenters. The Morgan fingerprint density at radius 1 is 0.885 bits per heavy atom. The standard InChI is InChI=1S/C20H16ClNO3S/c1-14-6-12-17(13-7-14)26(24,25)22-19-5-3-2-4-18(19)20(23)15-8-10-16(21)11-9-15/h2-13,22H,1H3. The van der Waals surface area contributed by atoms with Gasteiger partial charge in [-0.3, -0.25) is 9.52 Å². The van der Waals surface area contributed by atoms with Gasteiger partial charge in [-0.15, -0.1) is 0 Å². The van der Waals surface area contributed by atoms with Crippen LogP contribution in [0.15, 0.2) is 77.7 Å². The summed E-state index contributed by atoms with van der Waals surface area (Å²) >= 11 is 5.86. The van der Waals surface area contributed by atoms with Gasteiger partial charge in [-0.05, 0) is 55.5 Å². The topological polar surface area (TPSA) is 63.2 Å². The highest BCUT2D eigenvalue weighted by molar-refractivity contribution is 7.92. The molecule has 132 valence electrons. The third-order valence-electron chi connectivity index (χ3n) is 3.85. The number of ketones is 1. The summed E-state index contributed by atoms with van der Waals surface area (Å²) in [5.74, 6) is -0.288. The summed E-state index contributed by atoms with van der Waals surface area (Å²) in [7, 11) is -3.80. The second kappa shape index (κ2) is 7.32. The average Bonchev–Trinajstić information content (AvgIpc) is 2.62. The number of rotatable bonds is 5. The minimum absolute atomic E-state index is 0.136. The number of aryl methyl sites for hydroxylation is 1. The van der Waals surface area contributed by atoms with Crippen molar-refractivity contribution in [3.8, 4) is 0 Å². The van der Waals surface area contributed by atoms with E-state index in [-0.39, 0.29) is 21.9 Å². The van der Waals surface area contributed by atoms with Gasteiger partial charge in [0.1, 0.15) is 0 Å². The molecule has 0 bridgehead atoms. The predicted molar refractivity (Wildman–Crippen MR) is 103 cm³/mol. The van der Waals surface area contributed by atoms with Gasteiger partial charge in [0, 0.05) is 16.1 Å². The molecular weight excluding hydrogens is 370 g/mol. The number of hydrogen-bond acceptors (Lipinski definition) is 3. The smallest absolute Gasteiger partial charge is 0.261 e. The quantitative estimate of drug-likeness (QED) is 0.648. The van der Waals surface area contributed by atoms with E-state index < -0.39 is 10.0 Å². The van der Waals surface area contributed by atoms with Crippen LogP contribution in [0.4, 0.5) is 5.69 Å². The van der Waals surface area contributed by atoms with Gasteiger partial charge in [-0.25, -0.2) is 8.42 Å². The zero-order chi connectivity index (χ0) is 18.7. The van der Waals surface area contributed by atoms with E-state index in [4.69, 9.17) is 11.6 Å². The zero-order valence-electron chi connectivity index (χ0n) is 13.9. The largest absolute Gasteiger partial charge is 0.289 e. The van der Waals surface area contributed by atoms with Crippen molar-refractivity contribution in [3.05, 3.63) is 94.5 Å². The molecule has 6 heteroatoms. The van der Waals surface area contributed by atoms with Gasteiger partial charge in [-0.2, -0.15) is 0 Å². The maximum Gasteiger partial charge on any atom is 0.261 e. The van der Waals surface area contributed by atoms with Gasteiger partial charge in [0.15, 0.2) is 5.78 Å². The fraction of sp³-hybridized carbons (Fsp3) is 0.0500. The molecule has 0 saturated heterocycles. The molecule has 3 rings (SSSR count). The van der Waals surface area contributed by atoms with Crippen molar-refractivity contribution in [2.24, 2.45) is 0 Å². The van der Waals surface area contributed by atoms with Gasteiger partial charge >= 0.3 is 0 Å².